The Bertz CT molecular complexity index is 454. The number of aryl methyl sites for hydroxylation is 1. The molecule has 0 spiro atoms. The highest BCUT2D eigenvalue weighted by Crippen LogP contribution is 2.23. The second kappa shape index (κ2) is 5.75. The first kappa shape index (κ1) is 14.1. The normalized spacial score (nSPS) is 21.6. The summed E-state index contributed by atoms with van der Waals surface area (Å²) in [6.07, 6.45) is 1.13. The molecule has 1 saturated heterocycles. The monoisotopic (exact) mass is 266 g/mol. The zero-order valence-electron chi connectivity index (χ0n) is 11.8. The molecular formula is C14H22N2O3. The van der Waals surface area contributed by atoms with Crippen LogP contribution in [0.25, 0.3) is 0 Å². The summed E-state index contributed by atoms with van der Waals surface area (Å²) in [5.41, 5.74) is 6.75. The fraction of sp³-hybridized carbons (Fsp3) is 0.643. The maximum Gasteiger partial charge on any atom is 0.374 e. The van der Waals surface area contributed by atoms with E-state index < -0.39 is 5.97 Å². The minimum Gasteiger partial charge on any atom is -0.463 e. The van der Waals surface area contributed by atoms with E-state index in [-0.39, 0.29) is 6.04 Å². The van der Waals surface area contributed by atoms with Gasteiger partial charge in [-0.25, -0.2) is 4.79 Å². The molecule has 106 valence electrons. The summed E-state index contributed by atoms with van der Waals surface area (Å²) in [6, 6.07) is 2.14. The summed E-state index contributed by atoms with van der Waals surface area (Å²) in [6.45, 7) is 6.65. The molecule has 2 rings (SSSR count). The SMILES string of the molecule is COC(=O)c1oc(CN2CCC(C(C)N)C2)cc1C. The highest BCUT2D eigenvalue weighted by Gasteiger charge is 2.26. The molecule has 19 heavy (non-hydrogen) atoms. The third-order valence-corrected chi connectivity index (χ3v) is 3.77. The van der Waals surface area contributed by atoms with E-state index in [4.69, 9.17) is 10.2 Å². The first-order chi connectivity index (χ1) is 9.01. The molecule has 0 bridgehead atoms. The maximum atomic E-state index is 11.5. The van der Waals surface area contributed by atoms with Crippen molar-refractivity contribution in [3.05, 3.63) is 23.2 Å². The van der Waals surface area contributed by atoms with E-state index in [1.165, 1.54) is 7.11 Å². The molecule has 2 heterocycles. The van der Waals surface area contributed by atoms with Gasteiger partial charge in [0.1, 0.15) is 5.76 Å². The summed E-state index contributed by atoms with van der Waals surface area (Å²) < 4.78 is 10.3. The lowest BCUT2D eigenvalue weighted by Gasteiger charge is -2.16. The zero-order chi connectivity index (χ0) is 14.0. The number of carbonyl (C=O) groups excluding carboxylic acids is 1. The molecule has 0 saturated carbocycles. The van der Waals surface area contributed by atoms with E-state index in [9.17, 15) is 4.79 Å². The highest BCUT2D eigenvalue weighted by atomic mass is 16.5. The minimum absolute atomic E-state index is 0.231. The Morgan fingerprint density at radius 1 is 1.68 bits per heavy atom. The second-order valence-electron chi connectivity index (χ2n) is 5.36. The number of ether oxygens (including phenoxy) is 1. The van der Waals surface area contributed by atoms with Gasteiger partial charge in [-0.3, -0.25) is 4.90 Å². The topological polar surface area (TPSA) is 68.7 Å². The average molecular weight is 266 g/mol. The Morgan fingerprint density at radius 2 is 2.42 bits per heavy atom. The lowest BCUT2D eigenvalue weighted by Crippen LogP contribution is -2.29. The van der Waals surface area contributed by atoms with E-state index in [2.05, 4.69) is 16.6 Å². The Kier molecular flexibility index (Phi) is 4.27. The van der Waals surface area contributed by atoms with E-state index in [1.54, 1.807) is 0 Å². The zero-order valence-corrected chi connectivity index (χ0v) is 11.8. The summed E-state index contributed by atoms with van der Waals surface area (Å²) in [7, 11) is 1.36. The predicted octanol–water partition coefficient (Wildman–Crippen LogP) is 1.54. The molecule has 1 aliphatic heterocycles. The van der Waals surface area contributed by atoms with Gasteiger partial charge < -0.3 is 14.9 Å². The smallest absolute Gasteiger partial charge is 0.374 e. The van der Waals surface area contributed by atoms with Crippen molar-refractivity contribution in [3.63, 3.8) is 0 Å². The van der Waals surface area contributed by atoms with Crippen LogP contribution in [-0.2, 0) is 11.3 Å². The maximum absolute atomic E-state index is 11.5. The molecule has 2 atom stereocenters. The van der Waals surface area contributed by atoms with Crippen molar-refractivity contribution in [1.29, 1.82) is 0 Å². The molecular weight excluding hydrogens is 244 g/mol. The second-order valence-corrected chi connectivity index (χ2v) is 5.36. The van der Waals surface area contributed by atoms with Gasteiger partial charge in [0.2, 0.25) is 5.76 Å². The molecule has 0 amide bonds. The van der Waals surface area contributed by atoms with Gasteiger partial charge in [0.15, 0.2) is 0 Å². The molecule has 1 aliphatic rings. The number of likely N-dealkylation sites (tertiary alicyclic amines) is 1. The van der Waals surface area contributed by atoms with Crippen LogP contribution in [0.5, 0.6) is 0 Å². The molecule has 5 nitrogen and oxygen atoms in total. The van der Waals surface area contributed by atoms with Crippen LogP contribution in [0.15, 0.2) is 10.5 Å². The van der Waals surface area contributed by atoms with Gasteiger partial charge in [0, 0.05) is 18.2 Å². The van der Waals surface area contributed by atoms with Crippen LogP contribution in [0.4, 0.5) is 0 Å². The summed E-state index contributed by atoms with van der Waals surface area (Å²) >= 11 is 0. The summed E-state index contributed by atoms with van der Waals surface area (Å²) in [5, 5.41) is 0. The Hall–Kier alpha value is -1.33. The number of hydrogen-bond acceptors (Lipinski definition) is 5. The first-order valence-corrected chi connectivity index (χ1v) is 6.66. The molecule has 1 aromatic rings. The minimum atomic E-state index is -0.418. The molecule has 2 N–H and O–H groups in total. The van der Waals surface area contributed by atoms with Crippen molar-refractivity contribution in [1.82, 2.24) is 4.90 Å². The van der Waals surface area contributed by atoms with Crippen LogP contribution in [0, 0.1) is 12.8 Å². The number of methoxy groups -OCH3 is 1. The molecule has 2 unspecified atom stereocenters. The molecule has 0 aromatic carbocycles. The van der Waals surface area contributed by atoms with Crippen molar-refractivity contribution in [3.8, 4) is 0 Å². The van der Waals surface area contributed by atoms with E-state index in [0.717, 1.165) is 37.4 Å². The Balaban J connectivity index is 1.99. The van der Waals surface area contributed by atoms with Gasteiger partial charge in [-0.15, -0.1) is 0 Å². The van der Waals surface area contributed by atoms with Gasteiger partial charge in [-0.2, -0.15) is 0 Å². The van der Waals surface area contributed by atoms with Crippen LogP contribution in [-0.4, -0.2) is 37.1 Å². The molecule has 1 aromatic heterocycles. The van der Waals surface area contributed by atoms with Crippen molar-refractivity contribution in [2.45, 2.75) is 32.9 Å². The number of nitrogens with zero attached hydrogens (tertiary/aromatic N) is 1. The van der Waals surface area contributed by atoms with Gasteiger partial charge in [-0.1, -0.05) is 0 Å². The Morgan fingerprint density at radius 3 is 3.00 bits per heavy atom. The van der Waals surface area contributed by atoms with Gasteiger partial charge in [0.25, 0.3) is 0 Å². The fourth-order valence-electron chi connectivity index (χ4n) is 2.58. The van der Waals surface area contributed by atoms with E-state index in [1.807, 2.05) is 13.0 Å². The summed E-state index contributed by atoms with van der Waals surface area (Å²) in [5.74, 6) is 1.25. The first-order valence-electron chi connectivity index (χ1n) is 6.66. The average Bonchev–Trinajstić information content (AvgIpc) is 2.96. The molecule has 5 heteroatoms. The Labute approximate surface area is 113 Å². The number of carbonyl (C=O) groups is 1. The van der Waals surface area contributed by atoms with Gasteiger partial charge in [-0.05, 0) is 38.8 Å². The summed E-state index contributed by atoms with van der Waals surface area (Å²) in [4.78, 5) is 13.8. The van der Waals surface area contributed by atoms with Gasteiger partial charge >= 0.3 is 5.97 Å². The third-order valence-electron chi connectivity index (χ3n) is 3.77. The van der Waals surface area contributed by atoms with Crippen molar-refractivity contribution in [2.75, 3.05) is 20.2 Å². The van der Waals surface area contributed by atoms with Gasteiger partial charge in [0.05, 0.1) is 13.7 Å². The standard InChI is InChI=1S/C14H22N2O3/c1-9-6-12(19-13(9)14(17)18-3)8-16-5-4-11(7-16)10(2)15/h6,10-11H,4-5,7-8,15H2,1-3H3. The largest absolute Gasteiger partial charge is 0.463 e. The van der Waals surface area contributed by atoms with E-state index >= 15 is 0 Å². The fourth-order valence-corrected chi connectivity index (χ4v) is 2.58. The van der Waals surface area contributed by atoms with Crippen LogP contribution >= 0.6 is 0 Å². The predicted molar refractivity (Wildman–Crippen MR) is 71.8 cm³/mol. The highest BCUT2D eigenvalue weighted by molar-refractivity contribution is 5.87. The van der Waals surface area contributed by atoms with Crippen molar-refractivity contribution >= 4 is 5.97 Å². The molecule has 0 aliphatic carbocycles. The molecule has 0 radical (unpaired) electrons. The number of nitrogens with two attached hydrogens (primary N) is 1. The van der Waals surface area contributed by atoms with Crippen LogP contribution < -0.4 is 5.73 Å². The van der Waals surface area contributed by atoms with Crippen LogP contribution in [0.3, 0.4) is 0 Å². The number of rotatable bonds is 4. The number of hydrogen-bond donors (Lipinski definition) is 1. The lowest BCUT2D eigenvalue weighted by molar-refractivity contribution is 0.0560. The van der Waals surface area contributed by atoms with Crippen LogP contribution in [0.1, 0.15) is 35.2 Å². The third kappa shape index (κ3) is 3.16. The van der Waals surface area contributed by atoms with Crippen LogP contribution in [0.2, 0.25) is 0 Å². The van der Waals surface area contributed by atoms with Crippen molar-refractivity contribution in [2.24, 2.45) is 11.7 Å². The number of furan rings is 1. The lowest BCUT2D eigenvalue weighted by atomic mass is 10.0. The quantitative estimate of drug-likeness (QED) is 0.837. The van der Waals surface area contributed by atoms with Crippen molar-refractivity contribution < 1.29 is 13.9 Å². The van der Waals surface area contributed by atoms with E-state index in [0.29, 0.717) is 11.7 Å². The number of esters is 1. The molecule has 1 fully saturated rings.